The summed E-state index contributed by atoms with van der Waals surface area (Å²) in [5, 5.41) is 3.53. The molecule has 0 saturated heterocycles. The number of nitrogens with one attached hydrogen (secondary N) is 1. The maximum Gasteiger partial charge on any atom is 0.121 e. The number of thiophene rings is 1. The van der Waals surface area contributed by atoms with E-state index in [9.17, 15) is 0 Å². The van der Waals surface area contributed by atoms with Gasteiger partial charge >= 0.3 is 0 Å². The third-order valence-electron chi connectivity index (χ3n) is 2.99. The van der Waals surface area contributed by atoms with Gasteiger partial charge in [0.15, 0.2) is 0 Å². The Kier molecular flexibility index (Phi) is 5.07. The standard InChI is InChI=1S/C17H23NOS/c1-12(2)11-19-16-7-5-6-15(10-16)18-14(4)17-9-8-13(3)20-17/h5-10,12,14,18H,11H2,1-4H3. The zero-order valence-electron chi connectivity index (χ0n) is 12.6. The lowest BCUT2D eigenvalue weighted by Crippen LogP contribution is -2.06. The highest BCUT2D eigenvalue weighted by Gasteiger charge is 2.08. The average molecular weight is 289 g/mol. The van der Waals surface area contributed by atoms with Gasteiger partial charge in [-0.05, 0) is 44.0 Å². The van der Waals surface area contributed by atoms with E-state index in [1.54, 1.807) is 0 Å². The van der Waals surface area contributed by atoms with Crippen LogP contribution in [-0.2, 0) is 0 Å². The molecule has 0 saturated carbocycles. The van der Waals surface area contributed by atoms with Crippen LogP contribution >= 0.6 is 11.3 Å². The summed E-state index contributed by atoms with van der Waals surface area (Å²) >= 11 is 1.84. The Balaban J connectivity index is 2.00. The van der Waals surface area contributed by atoms with Gasteiger partial charge in [-0.2, -0.15) is 0 Å². The van der Waals surface area contributed by atoms with Gasteiger partial charge in [-0.3, -0.25) is 0 Å². The molecule has 0 amide bonds. The van der Waals surface area contributed by atoms with E-state index in [-0.39, 0.29) is 0 Å². The predicted octanol–water partition coefficient (Wildman–Crippen LogP) is 5.26. The number of ether oxygens (including phenoxy) is 1. The Morgan fingerprint density at radius 1 is 1.15 bits per heavy atom. The van der Waals surface area contributed by atoms with E-state index in [1.807, 2.05) is 23.5 Å². The molecule has 2 nitrogen and oxygen atoms in total. The van der Waals surface area contributed by atoms with Crippen molar-refractivity contribution < 1.29 is 4.74 Å². The van der Waals surface area contributed by atoms with Crippen LogP contribution in [0.5, 0.6) is 5.75 Å². The van der Waals surface area contributed by atoms with Crippen LogP contribution in [0, 0.1) is 12.8 Å². The molecular weight excluding hydrogens is 266 g/mol. The Hall–Kier alpha value is -1.48. The third kappa shape index (κ3) is 4.27. The summed E-state index contributed by atoms with van der Waals surface area (Å²) in [6.45, 7) is 9.39. The summed E-state index contributed by atoms with van der Waals surface area (Å²) in [5.74, 6) is 1.47. The molecule has 0 aliphatic heterocycles. The smallest absolute Gasteiger partial charge is 0.121 e. The highest BCUT2D eigenvalue weighted by Crippen LogP contribution is 2.27. The van der Waals surface area contributed by atoms with Crippen LogP contribution in [0.25, 0.3) is 0 Å². The minimum atomic E-state index is 0.314. The van der Waals surface area contributed by atoms with Crippen LogP contribution < -0.4 is 10.1 Å². The number of benzene rings is 1. The van der Waals surface area contributed by atoms with Crippen LogP contribution in [-0.4, -0.2) is 6.61 Å². The lowest BCUT2D eigenvalue weighted by atomic mass is 10.2. The van der Waals surface area contributed by atoms with Crippen molar-refractivity contribution in [3.8, 4) is 5.75 Å². The second-order valence-electron chi connectivity index (χ2n) is 5.55. The molecule has 1 aromatic heterocycles. The molecule has 1 aromatic carbocycles. The van der Waals surface area contributed by atoms with Crippen molar-refractivity contribution in [3.05, 3.63) is 46.2 Å². The first-order valence-corrected chi connectivity index (χ1v) is 7.92. The number of rotatable bonds is 6. The number of aryl methyl sites for hydroxylation is 1. The molecule has 0 aliphatic carbocycles. The fraction of sp³-hybridized carbons (Fsp3) is 0.412. The first kappa shape index (κ1) is 14.9. The van der Waals surface area contributed by atoms with Crippen molar-refractivity contribution in [2.24, 2.45) is 5.92 Å². The number of anilines is 1. The van der Waals surface area contributed by atoms with E-state index in [2.05, 4.69) is 57.3 Å². The third-order valence-corrected chi connectivity index (χ3v) is 4.17. The molecule has 0 radical (unpaired) electrons. The summed E-state index contributed by atoms with van der Waals surface area (Å²) in [7, 11) is 0. The Labute approximate surface area is 125 Å². The normalized spacial score (nSPS) is 12.4. The van der Waals surface area contributed by atoms with Crippen molar-refractivity contribution in [2.75, 3.05) is 11.9 Å². The van der Waals surface area contributed by atoms with Gasteiger partial charge < -0.3 is 10.1 Å². The van der Waals surface area contributed by atoms with Gasteiger partial charge in [0.2, 0.25) is 0 Å². The monoisotopic (exact) mass is 289 g/mol. The van der Waals surface area contributed by atoms with E-state index in [1.165, 1.54) is 9.75 Å². The van der Waals surface area contributed by atoms with Crippen molar-refractivity contribution >= 4 is 17.0 Å². The molecule has 0 fully saturated rings. The maximum atomic E-state index is 5.76. The molecule has 1 heterocycles. The van der Waals surface area contributed by atoms with E-state index >= 15 is 0 Å². The van der Waals surface area contributed by atoms with E-state index in [0.717, 1.165) is 18.0 Å². The van der Waals surface area contributed by atoms with Gasteiger partial charge in [0.05, 0.1) is 12.6 Å². The van der Waals surface area contributed by atoms with Gasteiger partial charge in [0.1, 0.15) is 5.75 Å². The fourth-order valence-electron chi connectivity index (χ4n) is 1.95. The minimum absolute atomic E-state index is 0.314. The van der Waals surface area contributed by atoms with Gasteiger partial charge in [-0.15, -0.1) is 11.3 Å². The highest BCUT2D eigenvalue weighted by atomic mass is 32.1. The maximum absolute atomic E-state index is 5.76. The zero-order valence-corrected chi connectivity index (χ0v) is 13.5. The molecular formula is C17H23NOS. The molecule has 2 rings (SSSR count). The lowest BCUT2D eigenvalue weighted by Gasteiger charge is -2.15. The van der Waals surface area contributed by atoms with Gasteiger partial charge in [0.25, 0.3) is 0 Å². The van der Waals surface area contributed by atoms with E-state index in [4.69, 9.17) is 4.74 Å². The SMILES string of the molecule is Cc1ccc(C(C)Nc2cccc(OCC(C)C)c2)s1. The lowest BCUT2D eigenvalue weighted by molar-refractivity contribution is 0.271. The first-order chi connectivity index (χ1) is 9.54. The molecule has 1 N–H and O–H groups in total. The topological polar surface area (TPSA) is 21.3 Å². The molecule has 0 spiro atoms. The van der Waals surface area contributed by atoms with Crippen LogP contribution in [0.3, 0.4) is 0 Å². The number of hydrogen-bond donors (Lipinski definition) is 1. The van der Waals surface area contributed by atoms with E-state index < -0.39 is 0 Å². The second-order valence-corrected chi connectivity index (χ2v) is 6.87. The van der Waals surface area contributed by atoms with Crippen LogP contribution in [0.4, 0.5) is 5.69 Å². The molecule has 1 unspecified atom stereocenters. The summed E-state index contributed by atoms with van der Waals surface area (Å²) in [5.41, 5.74) is 1.10. The molecule has 3 heteroatoms. The molecule has 2 aromatic rings. The predicted molar refractivity (Wildman–Crippen MR) is 87.9 cm³/mol. The summed E-state index contributed by atoms with van der Waals surface area (Å²) < 4.78 is 5.76. The molecule has 20 heavy (non-hydrogen) atoms. The minimum Gasteiger partial charge on any atom is -0.493 e. The zero-order chi connectivity index (χ0) is 14.5. The summed E-state index contributed by atoms with van der Waals surface area (Å²) in [6.07, 6.45) is 0. The van der Waals surface area contributed by atoms with Crippen molar-refractivity contribution in [2.45, 2.75) is 33.7 Å². The molecule has 108 valence electrons. The van der Waals surface area contributed by atoms with Gasteiger partial charge in [-0.1, -0.05) is 19.9 Å². The van der Waals surface area contributed by atoms with Crippen molar-refractivity contribution in [3.63, 3.8) is 0 Å². The number of hydrogen-bond acceptors (Lipinski definition) is 3. The van der Waals surface area contributed by atoms with Crippen molar-refractivity contribution in [1.29, 1.82) is 0 Å². The first-order valence-electron chi connectivity index (χ1n) is 7.10. The van der Waals surface area contributed by atoms with E-state index in [0.29, 0.717) is 12.0 Å². The molecule has 0 bridgehead atoms. The fourth-order valence-corrected chi connectivity index (χ4v) is 2.83. The van der Waals surface area contributed by atoms with Gasteiger partial charge in [0, 0.05) is 21.5 Å². The average Bonchev–Trinajstić information content (AvgIpc) is 2.84. The van der Waals surface area contributed by atoms with Crippen molar-refractivity contribution in [1.82, 2.24) is 0 Å². The second kappa shape index (κ2) is 6.80. The summed E-state index contributed by atoms with van der Waals surface area (Å²) in [6, 6.07) is 12.9. The van der Waals surface area contributed by atoms with Crippen LogP contribution in [0.2, 0.25) is 0 Å². The van der Waals surface area contributed by atoms with Crippen LogP contribution in [0.1, 0.15) is 36.6 Å². The Morgan fingerprint density at radius 2 is 1.95 bits per heavy atom. The largest absolute Gasteiger partial charge is 0.493 e. The summed E-state index contributed by atoms with van der Waals surface area (Å²) in [4.78, 5) is 2.71. The Morgan fingerprint density at radius 3 is 2.60 bits per heavy atom. The Bertz CT molecular complexity index is 547. The quantitative estimate of drug-likeness (QED) is 0.782. The highest BCUT2D eigenvalue weighted by molar-refractivity contribution is 7.12. The van der Waals surface area contributed by atoms with Gasteiger partial charge in [-0.25, -0.2) is 0 Å². The van der Waals surface area contributed by atoms with Crippen LogP contribution in [0.15, 0.2) is 36.4 Å². The molecule has 0 aliphatic rings. The molecule has 1 atom stereocenters.